The highest BCUT2D eigenvalue weighted by molar-refractivity contribution is 5.65. The van der Waals surface area contributed by atoms with E-state index in [2.05, 4.69) is 10.0 Å². The number of hydrogen-bond donors (Lipinski definition) is 1. The van der Waals surface area contributed by atoms with Crippen molar-refractivity contribution in [1.82, 2.24) is 5.32 Å². The molecule has 44 valence electrons. The third-order valence-electron chi connectivity index (χ3n) is 0.352. The van der Waals surface area contributed by atoms with E-state index >= 15 is 0 Å². The van der Waals surface area contributed by atoms with Gasteiger partial charge in [-0.05, 0) is 5.53 Å². The summed E-state index contributed by atoms with van der Waals surface area (Å²) in [4.78, 5) is 11.6. The van der Waals surface area contributed by atoms with Crippen molar-refractivity contribution in [3.05, 3.63) is 10.4 Å². The number of carbonyl (C=O) groups is 1. The molecule has 0 fully saturated rings. The fourth-order valence-electron chi connectivity index (χ4n) is 0.129. The SMILES string of the molecule is [N-]=[N+]=NCNC(=O)F. The normalized spacial score (nSPS) is 7.12. The molecule has 0 bridgehead atoms. The van der Waals surface area contributed by atoms with Crippen LogP contribution in [0.3, 0.4) is 0 Å². The zero-order chi connectivity index (χ0) is 6.41. The van der Waals surface area contributed by atoms with Crippen LogP contribution in [0.4, 0.5) is 9.18 Å². The van der Waals surface area contributed by atoms with Crippen molar-refractivity contribution >= 4 is 6.16 Å². The Morgan fingerprint density at radius 1 is 2.00 bits per heavy atom. The standard InChI is InChI=1S/C2H3FN4O/c3-2(8)5-1-6-7-4/h1H2,(H,5,8). The van der Waals surface area contributed by atoms with Crippen LogP contribution in [0.5, 0.6) is 0 Å². The highest BCUT2D eigenvalue weighted by Crippen LogP contribution is 1.69. The predicted molar refractivity (Wildman–Crippen MR) is 23.7 cm³/mol. The molecular formula is C2H3FN4O. The lowest BCUT2D eigenvalue weighted by Gasteiger charge is -1.85. The molecule has 0 aliphatic carbocycles. The molecule has 0 aromatic heterocycles. The average molecular weight is 118 g/mol. The molecule has 0 aromatic rings. The van der Waals surface area contributed by atoms with E-state index < -0.39 is 6.16 Å². The first-order valence-corrected chi connectivity index (χ1v) is 1.71. The minimum absolute atomic E-state index is 0.341. The summed E-state index contributed by atoms with van der Waals surface area (Å²) in [5.74, 6) is 0. The number of rotatable bonds is 2. The molecule has 1 N–H and O–H groups in total. The van der Waals surface area contributed by atoms with Gasteiger partial charge in [0.1, 0.15) is 0 Å². The van der Waals surface area contributed by atoms with Gasteiger partial charge in [0, 0.05) is 4.91 Å². The Kier molecular flexibility index (Phi) is 3.26. The second kappa shape index (κ2) is 3.89. The highest BCUT2D eigenvalue weighted by Gasteiger charge is 1.88. The molecule has 0 saturated carbocycles. The maximum Gasteiger partial charge on any atom is 0.397 e. The van der Waals surface area contributed by atoms with Crippen LogP contribution in [0, 0.1) is 0 Å². The summed E-state index contributed by atoms with van der Waals surface area (Å²) in [6.45, 7) is -0.341. The number of amides is 1. The molecular weight excluding hydrogens is 115 g/mol. The molecule has 0 radical (unpaired) electrons. The number of nitrogens with one attached hydrogen (secondary N) is 1. The zero-order valence-corrected chi connectivity index (χ0v) is 3.83. The summed E-state index contributed by atoms with van der Waals surface area (Å²) in [5.41, 5.74) is 7.56. The first kappa shape index (κ1) is 6.71. The Bertz CT molecular complexity index is 126. The van der Waals surface area contributed by atoms with E-state index in [1.165, 1.54) is 0 Å². The molecule has 6 heteroatoms. The van der Waals surface area contributed by atoms with E-state index in [1.807, 2.05) is 0 Å². The number of nitrogens with zero attached hydrogens (tertiary/aromatic N) is 3. The van der Waals surface area contributed by atoms with Gasteiger partial charge in [-0.2, -0.15) is 0 Å². The Hall–Kier alpha value is -1.29. The quantitative estimate of drug-likeness (QED) is 0.189. The van der Waals surface area contributed by atoms with Crippen molar-refractivity contribution in [2.24, 2.45) is 5.11 Å². The van der Waals surface area contributed by atoms with Gasteiger partial charge in [0.25, 0.3) is 0 Å². The monoisotopic (exact) mass is 118 g/mol. The molecule has 0 atom stereocenters. The van der Waals surface area contributed by atoms with Gasteiger partial charge >= 0.3 is 6.16 Å². The van der Waals surface area contributed by atoms with Crippen LogP contribution in [0.15, 0.2) is 5.11 Å². The van der Waals surface area contributed by atoms with Gasteiger partial charge < -0.3 is 5.32 Å². The lowest BCUT2D eigenvalue weighted by Crippen LogP contribution is -2.15. The Balaban J connectivity index is 3.18. The topological polar surface area (TPSA) is 77.9 Å². The molecule has 0 heterocycles. The van der Waals surface area contributed by atoms with Crippen LogP contribution in [0.25, 0.3) is 10.4 Å². The van der Waals surface area contributed by atoms with E-state index in [9.17, 15) is 9.18 Å². The smallest absolute Gasteiger partial charge is 0.322 e. The second-order valence-electron chi connectivity index (χ2n) is 0.839. The average Bonchev–Trinajstić information content (AvgIpc) is 1.66. The van der Waals surface area contributed by atoms with Gasteiger partial charge in [0.2, 0.25) is 0 Å². The predicted octanol–water partition coefficient (Wildman–Crippen LogP) is 0.933. The molecule has 0 aliphatic heterocycles. The zero-order valence-electron chi connectivity index (χ0n) is 3.83. The van der Waals surface area contributed by atoms with Gasteiger partial charge in [0.05, 0.1) is 6.67 Å². The lowest BCUT2D eigenvalue weighted by atomic mass is 11.0. The molecule has 0 unspecified atom stereocenters. The van der Waals surface area contributed by atoms with Crippen molar-refractivity contribution < 1.29 is 9.18 Å². The summed E-state index contributed by atoms with van der Waals surface area (Å²) < 4.78 is 11.1. The summed E-state index contributed by atoms with van der Waals surface area (Å²) >= 11 is 0. The van der Waals surface area contributed by atoms with Crippen LogP contribution in [0.2, 0.25) is 0 Å². The molecule has 5 nitrogen and oxygen atoms in total. The fourth-order valence-corrected chi connectivity index (χ4v) is 0.129. The molecule has 0 saturated heterocycles. The van der Waals surface area contributed by atoms with Crippen molar-refractivity contribution in [2.45, 2.75) is 0 Å². The Morgan fingerprint density at radius 2 is 2.62 bits per heavy atom. The van der Waals surface area contributed by atoms with E-state index in [-0.39, 0.29) is 6.67 Å². The first-order valence-electron chi connectivity index (χ1n) is 1.71. The van der Waals surface area contributed by atoms with Crippen LogP contribution in [-0.2, 0) is 0 Å². The van der Waals surface area contributed by atoms with Gasteiger partial charge in [-0.1, -0.05) is 5.11 Å². The van der Waals surface area contributed by atoms with Crippen LogP contribution >= 0.6 is 0 Å². The summed E-state index contributed by atoms with van der Waals surface area (Å²) in [7, 11) is 0. The number of azide groups is 1. The third-order valence-corrected chi connectivity index (χ3v) is 0.352. The van der Waals surface area contributed by atoms with E-state index in [0.29, 0.717) is 0 Å². The van der Waals surface area contributed by atoms with E-state index in [4.69, 9.17) is 5.53 Å². The summed E-state index contributed by atoms with van der Waals surface area (Å²) in [5, 5.41) is 4.44. The van der Waals surface area contributed by atoms with Gasteiger partial charge in [0.15, 0.2) is 0 Å². The number of halogens is 1. The first-order chi connectivity index (χ1) is 3.77. The number of carbonyl (C=O) groups excluding carboxylic acids is 1. The molecule has 1 amide bonds. The lowest BCUT2D eigenvalue weighted by molar-refractivity contribution is 0.222. The molecule has 0 spiro atoms. The van der Waals surface area contributed by atoms with Crippen LogP contribution < -0.4 is 5.32 Å². The fraction of sp³-hybridized carbons (Fsp3) is 0.500. The Morgan fingerprint density at radius 3 is 3.00 bits per heavy atom. The van der Waals surface area contributed by atoms with Crippen molar-refractivity contribution in [3.8, 4) is 0 Å². The second-order valence-corrected chi connectivity index (χ2v) is 0.839. The van der Waals surface area contributed by atoms with E-state index in [1.54, 1.807) is 5.32 Å². The van der Waals surface area contributed by atoms with Gasteiger partial charge in [-0.25, -0.2) is 4.79 Å². The van der Waals surface area contributed by atoms with E-state index in [0.717, 1.165) is 0 Å². The summed E-state index contributed by atoms with van der Waals surface area (Å²) in [6, 6.07) is 0. The van der Waals surface area contributed by atoms with Crippen LogP contribution in [0.1, 0.15) is 0 Å². The van der Waals surface area contributed by atoms with Crippen LogP contribution in [-0.4, -0.2) is 12.8 Å². The minimum atomic E-state index is -1.70. The molecule has 8 heavy (non-hydrogen) atoms. The highest BCUT2D eigenvalue weighted by atomic mass is 19.1. The maximum absolute atomic E-state index is 11.1. The maximum atomic E-state index is 11.1. The molecule has 0 rings (SSSR count). The number of hydrogen-bond acceptors (Lipinski definition) is 2. The summed E-state index contributed by atoms with van der Waals surface area (Å²) in [6.07, 6.45) is -1.70. The minimum Gasteiger partial charge on any atom is -0.322 e. The molecule has 0 aromatic carbocycles. The van der Waals surface area contributed by atoms with Crippen molar-refractivity contribution in [3.63, 3.8) is 0 Å². The Labute approximate surface area is 44.1 Å². The van der Waals surface area contributed by atoms with Crippen molar-refractivity contribution in [1.29, 1.82) is 0 Å². The largest absolute Gasteiger partial charge is 0.397 e. The van der Waals surface area contributed by atoms with Gasteiger partial charge in [-0.3, -0.25) is 0 Å². The van der Waals surface area contributed by atoms with Gasteiger partial charge in [-0.15, -0.1) is 4.39 Å². The van der Waals surface area contributed by atoms with Crippen molar-refractivity contribution in [2.75, 3.05) is 6.67 Å². The molecule has 0 aliphatic rings. The third kappa shape index (κ3) is 4.71.